The summed E-state index contributed by atoms with van der Waals surface area (Å²) in [5.74, 6) is -1.48. The quantitative estimate of drug-likeness (QED) is 0.596. The Bertz CT molecular complexity index is 256. The van der Waals surface area contributed by atoms with Crippen molar-refractivity contribution in [3.63, 3.8) is 0 Å². The van der Waals surface area contributed by atoms with E-state index in [0.717, 1.165) is 12.8 Å². The van der Waals surface area contributed by atoms with Crippen LogP contribution in [0.1, 0.15) is 46.5 Å². The second-order valence-corrected chi connectivity index (χ2v) is 4.46. The van der Waals surface area contributed by atoms with Crippen molar-refractivity contribution in [3.8, 4) is 0 Å². The Hall–Kier alpha value is -1.10. The molecule has 1 amide bonds. The third-order valence-corrected chi connectivity index (χ3v) is 2.98. The van der Waals surface area contributed by atoms with Crippen molar-refractivity contribution < 1.29 is 14.7 Å². The average molecular weight is 244 g/mol. The minimum atomic E-state index is -1.00. The van der Waals surface area contributed by atoms with Crippen molar-refractivity contribution in [3.05, 3.63) is 0 Å². The molecule has 0 saturated carbocycles. The molecule has 0 fully saturated rings. The fourth-order valence-electron chi connectivity index (χ4n) is 1.50. The molecule has 0 bridgehead atoms. The number of carboxylic acids is 1. The Morgan fingerprint density at radius 2 is 1.94 bits per heavy atom. The summed E-state index contributed by atoms with van der Waals surface area (Å²) in [4.78, 5) is 22.7. The second-order valence-electron chi connectivity index (χ2n) is 4.46. The van der Waals surface area contributed by atoms with Crippen LogP contribution in [0.5, 0.6) is 0 Å². The summed E-state index contributed by atoms with van der Waals surface area (Å²) in [6, 6.07) is -1.46. The van der Waals surface area contributed by atoms with Crippen LogP contribution in [-0.4, -0.2) is 29.1 Å². The number of unbranched alkanes of at least 4 members (excludes halogenated alkanes) is 1. The number of carboxylic acid groups (broad SMARTS) is 1. The van der Waals surface area contributed by atoms with Crippen LogP contribution < -0.4 is 11.1 Å². The van der Waals surface area contributed by atoms with Gasteiger partial charge in [0, 0.05) is 0 Å². The molecule has 4 N–H and O–H groups in total. The first-order valence-corrected chi connectivity index (χ1v) is 6.22. The van der Waals surface area contributed by atoms with Gasteiger partial charge in [-0.15, -0.1) is 0 Å². The van der Waals surface area contributed by atoms with Crippen molar-refractivity contribution in [1.29, 1.82) is 0 Å². The van der Waals surface area contributed by atoms with Gasteiger partial charge in [-0.3, -0.25) is 4.79 Å². The number of amides is 1. The summed E-state index contributed by atoms with van der Waals surface area (Å²) >= 11 is 0. The van der Waals surface area contributed by atoms with Gasteiger partial charge in [-0.05, 0) is 12.3 Å². The van der Waals surface area contributed by atoms with Gasteiger partial charge >= 0.3 is 5.97 Å². The van der Waals surface area contributed by atoms with Crippen LogP contribution in [0.2, 0.25) is 0 Å². The molecule has 0 heterocycles. The highest BCUT2D eigenvalue weighted by Gasteiger charge is 2.27. The van der Waals surface area contributed by atoms with Gasteiger partial charge in [-0.2, -0.15) is 0 Å². The van der Waals surface area contributed by atoms with Crippen LogP contribution in [-0.2, 0) is 9.59 Å². The van der Waals surface area contributed by atoms with Gasteiger partial charge in [0.2, 0.25) is 5.91 Å². The summed E-state index contributed by atoms with van der Waals surface area (Å²) in [6.45, 7) is 5.71. The smallest absolute Gasteiger partial charge is 0.326 e. The van der Waals surface area contributed by atoms with E-state index in [1.54, 1.807) is 6.92 Å². The highest BCUT2D eigenvalue weighted by atomic mass is 16.4. The van der Waals surface area contributed by atoms with Crippen LogP contribution in [0.4, 0.5) is 0 Å². The first-order chi connectivity index (χ1) is 7.93. The van der Waals surface area contributed by atoms with E-state index in [1.165, 1.54) is 0 Å². The monoisotopic (exact) mass is 244 g/mol. The van der Waals surface area contributed by atoms with E-state index in [2.05, 4.69) is 5.32 Å². The van der Waals surface area contributed by atoms with E-state index in [-0.39, 0.29) is 11.8 Å². The van der Waals surface area contributed by atoms with E-state index in [0.29, 0.717) is 12.8 Å². The maximum atomic E-state index is 11.7. The lowest BCUT2D eigenvalue weighted by atomic mass is 9.98. The molecule has 0 aliphatic carbocycles. The van der Waals surface area contributed by atoms with Crippen LogP contribution in [0.3, 0.4) is 0 Å². The van der Waals surface area contributed by atoms with E-state index < -0.39 is 18.1 Å². The van der Waals surface area contributed by atoms with Crippen molar-refractivity contribution in [2.45, 2.75) is 58.5 Å². The number of carbonyl (C=O) groups excluding carboxylic acids is 1. The molecule has 5 heteroatoms. The number of hydrogen-bond acceptors (Lipinski definition) is 3. The average Bonchev–Trinajstić information content (AvgIpc) is 2.31. The summed E-state index contributed by atoms with van der Waals surface area (Å²) < 4.78 is 0. The van der Waals surface area contributed by atoms with Crippen LogP contribution in [0.15, 0.2) is 0 Å². The summed E-state index contributed by atoms with van der Waals surface area (Å²) in [5, 5.41) is 11.5. The topological polar surface area (TPSA) is 92.4 Å². The largest absolute Gasteiger partial charge is 0.480 e. The predicted molar refractivity (Wildman–Crippen MR) is 66.5 cm³/mol. The van der Waals surface area contributed by atoms with Gasteiger partial charge in [0.15, 0.2) is 0 Å². The highest BCUT2D eigenvalue weighted by molar-refractivity contribution is 5.86. The number of nitrogens with one attached hydrogen (secondary N) is 1. The predicted octanol–water partition coefficient (Wildman–Crippen LogP) is 1.12. The highest BCUT2D eigenvalue weighted by Crippen LogP contribution is 2.08. The third-order valence-electron chi connectivity index (χ3n) is 2.98. The van der Waals surface area contributed by atoms with Gasteiger partial charge in [-0.1, -0.05) is 40.0 Å². The van der Waals surface area contributed by atoms with Gasteiger partial charge in [0.1, 0.15) is 6.04 Å². The van der Waals surface area contributed by atoms with Crippen LogP contribution in [0.25, 0.3) is 0 Å². The molecule has 5 nitrogen and oxygen atoms in total. The van der Waals surface area contributed by atoms with Gasteiger partial charge in [-0.25, -0.2) is 4.79 Å². The number of rotatable bonds is 8. The minimum Gasteiger partial charge on any atom is -0.480 e. The molecule has 0 rings (SSSR count). The molecular formula is C12H24N2O3. The standard InChI is InChI=1S/C12H24N2O3/c1-4-6-7-9(13)11(15)14-10(12(16)17)8(3)5-2/h8-10H,4-7,13H2,1-3H3,(H,14,15)(H,16,17)/t8-,9-,10-/m0/s1. The van der Waals surface area contributed by atoms with Crippen molar-refractivity contribution in [2.75, 3.05) is 0 Å². The van der Waals surface area contributed by atoms with Gasteiger partial charge in [0.25, 0.3) is 0 Å². The lowest BCUT2D eigenvalue weighted by Crippen LogP contribution is -2.50. The Morgan fingerprint density at radius 1 is 1.35 bits per heavy atom. The molecule has 0 radical (unpaired) electrons. The Kier molecular flexibility index (Phi) is 7.54. The molecule has 0 aromatic carbocycles. The number of hydrogen-bond donors (Lipinski definition) is 3. The normalized spacial score (nSPS) is 16.0. The SMILES string of the molecule is CCCC[C@H](N)C(=O)N[C@H](C(=O)O)[C@@H](C)CC. The molecule has 0 unspecified atom stereocenters. The summed E-state index contributed by atoms with van der Waals surface area (Å²) in [7, 11) is 0. The summed E-state index contributed by atoms with van der Waals surface area (Å²) in [5.41, 5.74) is 5.69. The Labute approximate surface area is 103 Å². The minimum absolute atomic E-state index is 0.102. The zero-order valence-electron chi connectivity index (χ0n) is 10.9. The third kappa shape index (κ3) is 5.68. The van der Waals surface area contributed by atoms with Crippen molar-refractivity contribution >= 4 is 11.9 Å². The second kappa shape index (κ2) is 8.06. The fourth-order valence-corrected chi connectivity index (χ4v) is 1.50. The van der Waals surface area contributed by atoms with Gasteiger partial charge < -0.3 is 16.2 Å². The fraction of sp³-hybridized carbons (Fsp3) is 0.833. The molecule has 0 saturated heterocycles. The van der Waals surface area contributed by atoms with Gasteiger partial charge in [0.05, 0.1) is 6.04 Å². The molecule has 100 valence electrons. The number of carbonyl (C=O) groups is 2. The zero-order chi connectivity index (χ0) is 13.4. The molecular weight excluding hydrogens is 220 g/mol. The lowest BCUT2D eigenvalue weighted by molar-refractivity contribution is -0.143. The maximum absolute atomic E-state index is 11.7. The van der Waals surface area contributed by atoms with E-state index in [1.807, 2.05) is 13.8 Å². The van der Waals surface area contributed by atoms with E-state index in [4.69, 9.17) is 10.8 Å². The maximum Gasteiger partial charge on any atom is 0.326 e. The Balaban J connectivity index is 4.35. The van der Waals surface area contributed by atoms with E-state index in [9.17, 15) is 9.59 Å². The lowest BCUT2D eigenvalue weighted by Gasteiger charge is -2.22. The molecule has 0 aromatic heterocycles. The van der Waals surface area contributed by atoms with Crippen LogP contribution >= 0.6 is 0 Å². The first-order valence-electron chi connectivity index (χ1n) is 6.22. The molecule has 0 aliphatic heterocycles. The number of nitrogens with two attached hydrogens (primary N) is 1. The summed E-state index contributed by atoms with van der Waals surface area (Å²) in [6.07, 6.45) is 3.13. The van der Waals surface area contributed by atoms with Crippen molar-refractivity contribution in [1.82, 2.24) is 5.32 Å². The molecule has 0 spiro atoms. The Morgan fingerprint density at radius 3 is 2.35 bits per heavy atom. The number of aliphatic carboxylic acids is 1. The molecule has 3 atom stereocenters. The van der Waals surface area contributed by atoms with E-state index >= 15 is 0 Å². The zero-order valence-corrected chi connectivity index (χ0v) is 10.9. The molecule has 0 aliphatic rings. The first kappa shape index (κ1) is 15.9. The molecule has 0 aromatic rings. The van der Waals surface area contributed by atoms with Crippen molar-refractivity contribution in [2.24, 2.45) is 11.7 Å². The van der Waals surface area contributed by atoms with Crippen LogP contribution in [0, 0.1) is 5.92 Å². The molecule has 17 heavy (non-hydrogen) atoms.